The number of hydrogen-bond donors (Lipinski definition) is 1. The van der Waals surface area contributed by atoms with Gasteiger partial charge in [-0.3, -0.25) is 0 Å². The van der Waals surface area contributed by atoms with Gasteiger partial charge in [-0.25, -0.2) is 0 Å². The Morgan fingerprint density at radius 2 is 2.24 bits per heavy atom. The summed E-state index contributed by atoms with van der Waals surface area (Å²) in [6.45, 7) is 7.64. The molecule has 0 saturated heterocycles. The molecule has 0 aliphatic heterocycles. The van der Waals surface area contributed by atoms with E-state index < -0.39 is 0 Å². The molecule has 2 N–H and O–H groups in total. The van der Waals surface area contributed by atoms with Gasteiger partial charge >= 0.3 is 0 Å². The zero-order valence-electron chi connectivity index (χ0n) is 10.6. The molecule has 1 aromatic rings. The zero-order chi connectivity index (χ0) is 12.3. The minimum Gasteiger partial charge on any atom is -0.383 e. The number of aromatic nitrogens is 1. The van der Waals surface area contributed by atoms with Crippen molar-refractivity contribution in [2.24, 2.45) is 0 Å². The Labute approximate surface area is 107 Å². The van der Waals surface area contributed by atoms with Crippen molar-refractivity contribution in [3.63, 3.8) is 0 Å². The van der Waals surface area contributed by atoms with Gasteiger partial charge in [0.15, 0.2) is 0 Å². The Kier molecular flexibility index (Phi) is 4.23. The topological polar surface area (TPSA) is 51.4 Å². The molecule has 0 atom stereocenters. The van der Waals surface area contributed by atoms with Crippen molar-refractivity contribution in [3.05, 3.63) is 5.56 Å². The summed E-state index contributed by atoms with van der Waals surface area (Å²) in [7, 11) is 0. The van der Waals surface area contributed by atoms with Gasteiger partial charge in [0.2, 0.25) is 0 Å². The Morgan fingerprint density at radius 1 is 1.47 bits per heavy atom. The zero-order valence-corrected chi connectivity index (χ0v) is 11.4. The van der Waals surface area contributed by atoms with E-state index in [-0.39, 0.29) is 0 Å². The van der Waals surface area contributed by atoms with Gasteiger partial charge in [-0.15, -0.1) is 0 Å². The second-order valence-corrected chi connectivity index (χ2v) is 5.09. The first-order valence-electron chi connectivity index (χ1n) is 6.35. The van der Waals surface area contributed by atoms with Gasteiger partial charge in [-0.2, -0.15) is 4.37 Å². The summed E-state index contributed by atoms with van der Waals surface area (Å²) in [6, 6.07) is 0. The van der Waals surface area contributed by atoms with Crippen LogP contribution < -0.4 is 10.6 Å². The predicted molar refractivity (Wildman–Crippen MR) is 72.9 cm³/mol. The van der Waals surface area contributed by atoms with Crippen molar-refractivity contribution < 1.29 is 4.74 Å². The molecule has 96 valence electrons. The van der Waals surface area contributed by atoms with Crippen molar-refractivity contribution in [2.45, 2.75) is 32.6 Å². The van der Waals surface area contributed by atoms with Crippen LogP contribution in [0.3, 0.4) is 0 Å². The third-order valence-electron chi connectivity index (χ3n) is 3.10. The molecule has 0 radical (unpaired) electrons. The number of nitrogen functional groups attached to an aromatic ring is 1. The summed E-state index contributed by atoms with van der Waals surface area (Å²) in [6.07, 6.45) is 2.53. The first kappa shape index (κ1) is 12.6. The highest BCUT2D eigenvalue weighted by Crippen LogP contribution is 2.48. The van der Waals surface area contributed by atoms with Gasteiger partial charge in [-0.1, -0.05) is 0 Å². The van der Waals surface area contributed by atoms with Crippen molar-refractivity contribution in [2.75, 3.05) is 36.9 Å². The molecule has 1 heterocycles. The average Bonchev–Trinajstić information content (AvgIpc) is 3.09. The molecule has 2 rings (SSSR count). The van der Waals surface area contributed by atoms with Gasteiger partial charge in [0, 0.05) is 25.3 Å². The van der Waals surface area contributed by atoms with E-state index in [0.717, 1.165) is 32.1 Å². The molecule has 1 fully saturated rings. The smallest absolute Gasteiger partial charge is 0.142 e. The number of likely N-dealkylation sites (N-methyl/N-ethyl adjacent to an activating group) is 1. The number of ether oxygens (including phenoxy) is 1. The maximum absolute atomic E-state index is 5.97. The van der Waals surface area contributed by atoms with Gasteiger partial charge in [0.25, 0.3) is 0 Å². The molecular weight excluding hydrogens is 234 g/mol. The lowest BCUT2D eigenvalue weighted by molar-refractivity contribution is 0.154. The maximum Gasteiger partial charge on any atom is 0.142 e. The van der Waals surface area contributed by atoms with Crippen LogP contribution >= 0.6 is 11.5 Å². The molecule has 5 heteroatoms. The highest BCUT2D eigenvalue weighted by atomic mass is 32.1. The summed E-state index contributed by atoms with van der Waals surface area (Å²) in [5, 5.41) is 1.26. The van der Waals surface area contributed by atoms with Crippen LogP contribution in [0.4, 0.5) is 10.8 Å². The summed E-state index contributed by atoms with van der Waals surface area (Å²) in [5.74, 6) is 1.40. The van der Waals surface area contributed by atoms with E-state index in [1.165, 1.54) is 34.9 Å². The highest BCUT2D eigenvalue weighted by Gasteiger charge is 2.31. The van der Waals surface area contributed by atoms with E-state index in [4.69, 9.17) is 10.5 Å². The minimum atomic E-state index is 0.657. The molecule has 0 unspecified atom stereocenters. The summed E-state index contributed by atoms with van der Waals surface area (Å²) >= 11 is 1.53. The third-order valence-corrected chi connectivity index (χ3v) is 4.04. The lowest BCUT2D eigenvalue weighted by Gasteiger charge is -2.22. The Hall–Kier alpha value is -0.810. The quantitative estimate of drug-likeness (QED) is 0.760. The van der Waals surface area contributed by atoms with Crippen LogP contribution in [0.1, 0.15) is 38.2 Å². The summed E-state index contributed by atoms with van der Waals surface area (Å²) in [4.78, 5) is 2.33. The number of nitrogens with zero attached hydrogens (tertiary/aromatic N) is 2. The molecule has 1 aliphatic carbocycles. The van der Waals surface area contributed by atoms with Crippen molar-refractivity contribution in [1.82, 2.24) is 4.37 Å². The molecule has 0 spiro atoms. The Morgan fingerprint density at radius 3 is 2.82 bits per heavy atom. The SMILES string of the molecule is CCOCCN(CC)c1snc(N)c1C1CC1. The fraction of sp³-hybridized carbons (Fsp3) is 0.750. The number of anilines is 2. The molecule has 0 bridgehead atoms. The maximum atomic E-state index is 5.97. The Bertz CT molecular complexity index is 363. The van der Waals surface area contributed by atoms with E-state index >= 15 is 0 Å². The van der Waals surface area contributed by atoms with Crippen LogP contribution in [0, 0.1) is 0 Å². The Balaban J connectivity index is 2.07. The van der Waals surface area contributed by atoms with Gasteiger partial charge in [0.1, 0.15) is 10.8 Å². The van der Waals surface area contributed by atoms with E-state index in [1.807, 2.05) is 6.92 Å². The first-order valence-corrected chi connectivity index (χ1v) is 7.13. The molecule has 0 amide bonds. The molecular formula is C12H21N3OS. The van der Waals surface area contributed by atoms with Crippen LogP contribution in [-0.2, 0) is 4.74 Å². The van der Waals surface area contributed by atoms with Crippen LogP contribution in [0.5, 0.6) is 0 Å². The lowest BCUT2D eigenvalue weighted by Crippen LogP contribution is -2.27. The molecule has 17 heavy (non-hydrogen) atoms. The fourth-order valence-corrected chi connectivity index (χ4v) is 3.00. The number of rotatable bonds is 7. The molecule has 4 nitrogen and oxygen atoms in total. The third kappa shape index (κ3) is 2.90. The van der Waals surface area contributed by atoms with E-state index in [2.05, 4.69) is 16.2 Å². The van der Waals surface area contributed by atoms with Crippen LogP contribution in [0.15, 0.2) is 0 Å². The van der Waals surface area contributed by atoms with Crippen LogP contribution in [-0.4, -0.2) is 30.7 Å². The van der Waals surface area contributed by atoms with Crippen molar-refractivity contribution in [1.29, 1.82) is 0 Å². The van der Waals surface area contributed by atoms with Gasteiger partial charge in [0.05, 0.1) is 6.61 Å². The predicted octanol–water partition coefficient (Wildman–Crippen LogP) is 2.47. The van der Waals surface area contributed by atoms with Crippen LogP contribution in [0.25, 0.3) is 0 Å². The second kappa shape index (κ2) is 5.69. The molecule has 1 saturated carbocycles. The van der Waals surface area contributed by atoms with Gasteiger partial charge in [-0.05, 0) is 44.1 Å². The van der Waals surface area contributed by atoms with E-state index in [0.29, 0.717) is 5.92 Å². The van der Waals surface area contributed by atoms with Crippen LogP contribution in [0.2, 0.25) is 0 Å². The van der Waals surface area contributed by atoms with Crippen molar-refractivity contribution >= 4 is 22.4 Å². The number of nitrogens with two attached hydrogens (primary N) is 1. The fourth-order valence-electron chi connectivity index (χ4n) is 2.01. The summed E-state index contributed by atoms with van der Waals surface area (Å²) < 4.78 is 9.73. The average molecular weight is 255 g/mol. The van der Waals surface area contributed by atoms with E-state index in [1.54, 1.807) is 0 Å². The normalized spacial score (nSPS) is 15.2. The molecule has 1 aliphatic rings. The highest BCUT2D eigenvalue weighted by molar-refractivity contribution is 7.10. The first-order chi connectivity index (χ1) is 8.27. The lowest BCUT2D eigenvalue weighted by atomic mass is 10.2. The minimum absolute atomic E-state index is 0.657. The van der Waals surface area contributed by atoms with E-state index in [9.17, 15) is 0 Å². The molecule has 1 aromatic heterocycles. The monoisotopic (exact) mass is 255 g/mol. The molecule has 0 aromatic carbocycles. The summed E-state index contributed by atoms with van der Waals surface area (Å²) in [5.41, 5.74) is 7.26. The second-order valence-electron chi connectivity index (χ2n) is 4.34. The number of hydrogen-bond acceptors (Lipinski definition) is 5. The van der Waals surface area contributed by atoms with Crippen molar-refractivity contribution in [3.8, 4) is 0 Å². The largest absolute Gasteiger partial charge is 0.383 e. The van der Waals surface area contributed by atoms with Gasteiger partial charge < -0.3 is 15.4 Å². The standard InChI is InChI=1S/C12H21N3OS/c1-3-15(7-8-16-4-2)12-10(9-5-6-9)11(13)14-17-12/h9H,3-8H2,1-2H3,(H2,13,14).